The average Bonchev–Trinajstić information content (AvgIpc) is 2.65. The Hall–Kier alpha value is -2.76. The summed E-state index contributed by atoms with van der Waals surface area (Å²) in [6.45, 7) is 5.90. The second-order valence-electron chi connectivity index (χ2n) is 6.30. The molecule has 0 saturated heterocycles. The van der Waals surface area contributed by atoms with E-state index in [0.29, 0.717) is 11.1 Å². The van der Waals surface area contributed by atoms with Gasteiger partial charge in [-0.05, 0) is 54.9 Å². The number of ether oxygens (including phenoxy) is 2. The zero-order valence-electron chi connectivity index (χ0n) is 15.8. The van der Waals surface area contributed by atoms with E-state index in [9.17, 15) is 9.59 Å². The molecule has 1 atom stereocenters. The third kappa shape index (κ3) is 4.07. The van der Waals surface area contributed by atoms with E-state index in [1.807, 2.05) is 13.8 Å². The summed E-state index contributed by atoms with van der Waals surface area (Å²) >= 11 is 0. The molecule has 2 aromatic heterocycles. The highest BCUT2D eigenvalue weighted by molar-refractivity contribution is 5.91. The van der Waals surface area contributed by atoms with Gasteiger partial charge in [-0.15, -0.1) is 0 Å². The molecule has 2 heterocycles. The van der Waals surface area contributed by atoms with Crippen molar-refractivity contribution in [2.24, 2.45) is 0 Å². The molecule has 6 heteroatoms. The van der Waals surface area contributed by atoms with Crippen LogP contribution in [0.2, 0.25) is 0 Å². The van der Waals surface area contributed by atoms with Gasteiger partial charge in [-0.1, -0.05) is 6.92 Å². The summed E-state index contributed by atoms with van der Waals surface area (Å²) in [5, 5.41) is 0. The third-order valence-electron chi connectivity index (χ3n) is 4.76. The van der Waals surface area contributed by atoms with Gasteiger partial charge in [0.05, 0.1) is 25.3 Å². The maximum absolute atomic E-state index is 11.8. The van der Waals surface area contributed by atoms with Gasteiger partial charge in [0.15, 0.2) is 0 Å². The van der Waals surface area contributed by atoms with Crippen LogP contribution in [0, 0.1) is 13.8 Å². The van der Waals surface area contributed by atoms with Crippen molar-refractivity contribution in [3.8, 4) is 0 Å². The molecule has 0 aliphatic carbocycles. The fourth-order valence-corrected chi connectivity index (χ4v) is 3.02. The van der Waals surface area contributed by atoms with Gasteiger partial charge < -0.3 is 9.47 Å². The maximum atomic E-state index is 11.8. The number of hydrogen-bond acceptors (Lipinski definition) is 6. The molecule has 0 saturated carbocycles. The van der Waals surface area contributed by atoms with E-state index in [0.717, 1.165) is 35.1 Å². The molecule has 0 radical (unpaired) electrons. The van der Waals surface area contributed by atoms with Gasteiger partial charge in [-0.2, -0.15) is 0 Å². The minimum Gasteiger partial charge on any atom is -0.465 e. The molecular formula is C20H24N2O4. The van der Waals surface area contributed by atoms with E-state index in [-0.39, 0.29) is 17.9 Å². The summed E-state index contributed by atoms with van der Waals surface area (Å²) in [4.78, 5) is 32.0. The number of rotatable bonds is 6. The molecule has 0 amide bonds. The number of pyridine rings is 2. The molecule has 0 aromatic carbocycles. The fraction of sp³-hybridized carbons (Fsp3) is 0.400. The van der Waals surface area contributed by atoms with Gasteiger partial charge in [0.1, 0.15) is 0 Å². The summed E-state index contributed by atoms with van der Waals surface area (Å²) in [6, 6.07) is 0. The summed E-state index contributed by atoms with van der Waals surface area (Å²) in [7, 11) is 2.72. The van der Waals surface area contributed by atoms with E-state index < -0.39 is 0 Å². The first kappa shape index (κ1) is 19.6. The predicted octanol–water partition coefficient (Wildman–Crippen LogP) is 3.40. The molecule has 0 aliphatic rings. The minimum atomic E-state index is -0.380. The van der Waals surface area contributed by atoms with Crippen LogP contribution >= 0.6 is 0 Å². The van der Waals surface area contributed by atoms with Crippen molar-refractivity contribution in [1.82, 2.24) is 9.97 Å². The normalized spacial score (nSPS) is 11.7. The van der Waals surface area contributed by atoms with Crippen molar-refractivity contribution in [1.29, 1.82) is 0 Å². The Morgan fingerprint density at radius 1 is 0.923 bits per heavy atom. The van der Waals surface area contributed by atoms with Crippen molar-refractivity contribution < 1.29 is 19.1 Å². The Morgan fingerprint density at radius 2 is 1.46 bits per heavy atom. The van der Waals surface area contributed by atoms with E-state index in [1.54, 1.807) is 12.4 Å². The molecule has 1 unspecified atom stereocenters. The number of methoxy groups -OCH3 is 2. The lowest BCUT2D eigenvalue weighted by Gasteiger charge is -2.17. The first-order valence-electron chi connectivity index (χ1n) is 8.45. The smallest absolute Gasteiger partial charge is 0.339 e. The van der Waals surface area contributed by atoms with Gasteiger partial charge in [0, 0.05) is 24.8 Å². The molecule has 0 fully saturated rings. The van der Waals surface area contributed by atoms with Crippen LogP contribution in [0.5, 0.6) is 0 Å². The highest BCUT2D eigenvalue weighted by Gasteiger charge is 2.18. The number of carbonyl (C=O) groups excluding carboxylic acids is 2. The van der Waals surface area contributed by atoms with E-state index >= 15 is 0 Å². The SMILES string of the molecule is COC(=O)c1cncc(CCC(C)c2cncc(C(=O)OC)c2C)c1C. The highest BCUT2D eigenvalue weighted by atomic mass is 16.5. The molecule has 0 aliphatic heterocycles. The zero-order valence-corrected chi connectivity index (χ0v) is 15.8. The van der Waals surface area contributed by atoms with Gasteiger partial charge in [0.25, 0.3) is 0 Å². The number of aryl methyl sites for hydroxylation is 1. The van der Waals surface area contributed by atoms with Gasteiger partial charge in [0.2, 0.25) is 0 Å². The molecule has 0 bridgehead atoms. The standard InChI is InChI=1S/C20H24N2O4/c1-12(16-9-22-11-18(14(16)3)20(24)26-5)6-7-15-8-21-10-17(13(15)2)19(23)25-4/h8-12H,6-7H2,1-5H3. The minimum absolute atomic E-state index is 0.188. The quantitative estimate of drug-likeness (QED) is 0.738. The molecule has 138 valence electrons. The van der Waals surface area contributed by atoms with Crippen LogP contribution in [0.1, 0.15) is 62.2 Å². The van der Waals surface area contributed by atoms with E-state index in [4.69, 9.17) is 9.47 Å². The van der Waals surface area contributed by atoms with Crippen LogP contribution in [-0.4, -0.2) is 36.1 Å². The molecule has 0 spiro atoms. The first-order valence-corrected chi connectivity index (χ1v) is 8.45. The second-order valence-corrected chi connectivity index (χ2v) is 6.30. The summed E-state index contributed by atoms with van der Waals surface area (Å²) in [5.74, 6) is -0.570. The summed E-state index contributed by atoms with van der Waals surface area (Å²) < 4.78 is 9.61. The van der Waals surface area contributed by atoms with Crippen LogP contribution < -0.4 is 0 Å². The Bertz CT molecular complexity index is 817. The van der Waals surface area contributed by atoms with Crippen LogP contribution in [0.25, 0.3) is 0 Å². The number of nitrogens with zero attached hydrogens (tertiary/aromatic N) is 2. The third-order valence-corrected chi connectivity index (χ3v) is 4.76. The lowest BCUT2D eigenvalue weighted by atomic mass is 9.90. The Morgan fingerprint density at radius 3 is 2.04 bits per heavy atom. The number of esters is 2. The van der Waals surface area contributed by atoms with Gasteiger partial charge in [-0.25, -0.2) is 9.59 Å². The summed E-state index contributed by atoms with van der Waals surface area (Å²) in [5.41, 5.74) is 4.78. The lowest BCUT2D eigenvalue weighted by Crippen LogP contribution is -2.10. The van der Waals surface area contributed by atoms with Gasteiger partial charge in [-0.3, -0.25) is 9.97 Å². The van der Waals surface area contributed by atoms with Crippen LogP contribution in [0.3, 0.4) is 0 Å². The van der Waals surface area contributed by atoms with Crippen LogP contribution in [0.15, 0.2) is 24.8 Å². The fourth-order valence-electron chi connectivity index (χ4n) is 3.02. The Balaban J connectivity index is 2.19. The zero-order chi connectivity index (χ0) is 19.3. The monoisotopic (exact) mass is 356 g/mol. The number of hydrogen-bond donors (Lipinski definition) is 0. The van der Waals surface area contributed by atoms with Crippen molar-refractivity contribution in [3.63, 3.8) is 0 Å². The van der Waals surface area contributed by atoms with Crippen molar-refractivity contribution >= 4 is 11.9 Å². The molecule has 6 nitrogen and oxygen atoms in total. The molecule has 2 aromatic rings. The van der Waals surface area contributed by atoms with Crippen molar-refractivity contribution in [2.75, 3.05) is 14.2 Å². The molecule has 26 heavy (non-hydrogen) atoms. The van der Waals surface area contributed by atoms with Crippen LogP contribution in [0.4, 0.5) is 0 Å². The van der Waals surface area contributed by atoms with Crippen molar-refractivity contribution in [3.05, 3.63) is 58.2 Å². The number of carbonyl (C=O) groups is 2. The van der Waals surface area contributed by atoms with Gasteiger partial charge >= 0.3 is 11.9 Å². The molecule has 0 N–H and O–H groups in total. The first-order chi connectivity index (χ1) is 12.4. The van der Waals surface area contributed by atoms with E-state index in [2.05, 4.69) is 16.9 Å². The predicted molar refractivity (Wildman–Crippen MR) is 97.4 cm³/mol. The Labute approximate surface area is 153 Å². The number of aromatic nitrogens is 2. The lowest BCUT2D eigenvalue weighted by molar-refractivity contribution is 0.0590. The summed E-state index contributed by atoms with van der Waals surface area (Å²) in [6.07, 6.45) is 8.23. The molecule has 2 rings (SSSR count). The highest BCUT2D eigenvalue weighted by Crippen LogP contribution is 2.26. The van der Waals surface area contributed by atoms with E-state index in [1.165, 1.54) is 26.6 Å². The van der Waals surface area contributed by atoms with Crippen molar-refractivity contribution in [2.45, 2.75) is 39.5 Å². The topological polar surface area (TPSA) is 78.4 Å². The molecular weight excluding hydrogens is 332 g/mol. The largest absolute Gasteiger partial charge is 0.465 e. The second kappa shape index (κ2) is 8.56. The Kier molecular flexibility index (Phi) is 6.44. The maximum Gasteiger partial charge on any atom is 0.339 e. The average molecular weight is 356 g/mol. The van der Waals surface area contributed by atoms with Crippen LogP contribution in [-0.2, 0) is 15.9 Å².